The number of benzene rings is 2. The molecule has 0 spiro atoms. The second-order valence-corrected chi connectivity index (χ2v) is 10.0. The van der Waals surface area contributed by atoms with Gasteiger partial charge in [0.05, 0.1) is 9.79 Å². The van der Waals surface area contributed by atoms with Gasteiger partial charge in [-0.15, -0.1) is 13.2 Å². The number of sulfonamides is 2. The van der Waals surface area contributed by atoms with Crippen LogP contribution in [-0.2, 0) is 24.8 Å². The molecule has 0 aliphatic carbocycles. The fourth-order valence-corrected chi connectivity index (χ4v) is 4.53. The number of rotatable bonds is 9. The van der Waals surface area contributed by atoms with E-state index in [0.717, 1.165) is 24.3 Å². The third kappa shape index (κ3) is 7.19. The van der Waals surface area contributed by atoms with Gasteiger partial charge in [-0.1, -0.05) is 6.07 Å². The predicted octanol–water partition coefficient (Wildman–Crippen LogP) is 2.11. The van der Waals surface area contributed by atoms with Crippen LogP contribution in [0, 0.1) is 6.92 Å². The first-order valence-electron chi connectivity index (χ1n) is 8.93. The summed E-state index contributed by atoms with van der Waals surface area (Å²) in [6, 6.07) is 7.84. The highest BCUT2D eigenvalue weighted by Gasteiger charge is 2.31. The lowest BCUT2D eigenvalue weighted by molar-refractivity contribution is -0.274. The van der Waals surface area contributed by atoms with E-state index in [1.54, 1.807) is 6.92 Å². The molecule has 0 fully saturated rings. The van der Waals surface area contributed by atoms with Crippen molar-refractivity contribution >= 4 is 31.6 Å². The third-order valence-electron chi connectivity index (χ3n) is 4.04. The summed E-state index contributed by atoms with van der Waals surface area (Å²) in [5.74, 6) is -1.16. The number of nitrogens with one attached hydrogen (secondary N) is 3. The third-order valence-corrected chi connectivity index (χ3v) is 7.08. The molecule has 0 saturated heterocycles. The van der Waals surface area contributed by atoms with Gasteiger partial charge in [0, 0.05) is 18.7 Å². The van der Waals surface area contributed by atoms with Crippen LogP contribution in [0.25, 0.3) is 0 Å². The molecule has 32 heavy (non-hydrogen) atoms. The van der Waals surface area contributed by atoms with Gasteiger partial charge in [-0.2, -0.15) is 0 Å². The number of hydrogen-bond donors (Lipinski definition) is 3. The maximum atomic E-state index is 12.2. The van der Waals surface area contributed by atoms with Crippen molar-refractivity contribution in [1.29, 1.82) is 0 Å². The van der Waals surface area contributed by atoms with E-state index in [9.17, 15) is 34.8 Å². The minimum absolute atomic E-state index is 0.0172. The molecule has 0 unspecified atom stereocenters. The molecular formula is C18H20F3N3O6S2. The second-order valence-electron chi connectivity index (χ2n) is 6.40. The molecule has 2 aromatic carbocycles. The van der Waals surface area contributed by atoms with Crippen molar-refractivity contribution in [2.75, 3.05) is 18.9 Å². The molecule has 3 N–H and O–H groups in total. The van der Waals surface area contributed by atoms with E-state index in [-0.39, 0.29) is 28.4 Å². The summed E-state index contributed by atoms with van der Waals surface area (Å²) in [5, 5.41) is 2.47. The summed E-state index contributed by atoms with van der Waals surface area (Å²) < 4.78 is 92.9. The van der Waals surface area contributed by atoms with Crippen LogP contribution in [0.2, 0.25) is 0 Å². The highest BCUT2D eigenvalue weighted by atomic mass is 32.2. The van der Waals surface area contributed by atoms with Gasteiger partial charge in [-0.05, 0) is 55.9 Å². The van der Waals surface area contributed by atoms with Crippen molar-refractivity contribution in [2.24, 2.45) is 0 Å². The minimum atomic E-state index is -4.90. The SMILES string of the molecule is CNS(=O)(=O)c1cc(NC(=O)CCNS(=O)(=O)c2ccc(OC(F)(F)F)cc2)ccc1C. The number of carbonyl (C=O) groups is 1. The molecule has 2 rings (SSSR count). The molecule has 0 aromatic heterocycles. The quantitative estimate of drug-likeness (QED) is 0.489. The van der Waals surface area contributed by atoms with E-state index >= 15 is 0 Å². The first-order chi connectivity index (χ1) is 14.7. The van der Waals surface area contributed by atoms with Crippen LogP contribution >= 0.6 is 0 Å². The lowest BCUT2D eigenvalue weighted by Crippen LogP contribution is -2.28. The van der Waals surface area contributed by atoms with E-state index in [2.05, 4.69) is 19.5 Å². The van der Waals surface area contributed by atoms with Crippen molar-refractivity contribution in [3.8, 4) is 5.75 Å². The molecular weight excluding hydrogens is 475 g/mol. The molecule has 14 heteroatoms. The van der Waals surface area contributed by atoms with Crippen molar-refractivity contribution in [2.45, 2.75) is 29.5 Å². The number of ether oxygens (including phenoxy) is 1. The fraction of sp³-hybridized carbons (Fsp3) is 0.278. The first-order valence-corrected chi connectivity index (χ1v) is 11.9. The summed E-state index contributed by atoms with van der Waals surface area (Å²) in [7, 11) is -6.56. The molecule has 9 nitrogen and oxygen atoms in total. The number of aryl methyl sites for hydroxylation is 1. The predicted molar refractivity (Wildman–Crippen MR) is 109 cm³/mol. The lowest BCUT2D eigenvalue weighted by atomic mass is 10.2. The topological polar surface area (TPSA) is 131 Å². The van der Waals surface area contributed by atoms with Crippen LogP contribution in [0.5, 0.6) is 5.75 Å². The van der Waals surface area contributed by atoms with Gasteiger partial charge in [0.2, 0.25) is 26.0 Å². The van der Waals surface area contributed by atoms with Gasteiger partial charge in [0.25, 0.3) is 0 Å². The molecule has 0 heterocycles. The zero-order valence-electron chi connectivity index (χ0n) is 16.9. The maximum Gasteiger partial charge on any atom is 0.573 e. The minimum Gasteiger partial charge on any atom is -0.406 e. The Labute approximate surface area is 183 Å². The molecule has 0 atom stereocenters. The number of amides is 1. The monoisotopic (exact) mass is 495 g/mol. The molecule has 0 aliphatic rings. The maximum absolute atomic E-state index is 12.2. The van der Waals surface area contributed by atoms with Crippen LogP contribution in [-0.4, -0.2) is 42.7 Å². The van der Waals surface area contributed by atoms with E-state index in [4.69, 9.17) is 0 Å². The Morgan fingerprint density at radius 1 is 1.00 bits per heavy atom. The van der Waals surface area contributed by atoms with Crippen LogP contribution < -0.4 is 19.5 Å². The van der Waals surface area contributed by atoms with Gasteiger partial charge in [0.15, 0.2) is 0 Å². The van der Waals surface area contributed by atoms with E-state index < -0.39 is 38.1 Å². The second kappa shape index (κ2) is 9.85. The summed E-state index contributed by atoms with van der Waals surface area (Å²) >= 11 is 0. The molecule has 1 amide bonds. The lowest BCUT2D eigenvalue weighted by Gasteiger charge is -2.11. The molecule has 0 aliphatic heterocycles. The van der Waals surface area contributed by atoms with Gasteiger partial charge in [-0.25, -0.2) is 26.3 Å². The van der Waals surface area contributed by atoms with Crippen molar-refractivity contribution < 1.29 is 39.5 Å². The molecule has 0 saturated carbocycles. The Balaban J connectivity index is 1.96. The zero-order chi connectivity index (χ0) is 24.2. The van der Waals surface area contributed by atoms with Gasteiger partial charge >= 0.3 is 6.36 Å². The normalized spacial score (nSPS) is 12.4. The van der Waals surface area contributed by atoms with Gasteiger partial charge < -0.3 is 10.1 Å². The highest BCUT2D eigenvalue weighted by molar-refractivity contribution is 7.89. The summed E-state index contributed by atoms with van der Waals surface area (Å²) in [6.45, 7) is 1.29. The van der Waals surface area contributed by atoms with E-state index in [1.807, 2.05) is 0 Å². The van der Waals surface area contributed by atoms with Gasteiger partial charge in [0.1, 0.15) is 5.75 Å². The molecule has 2 aromatic rings. The first kappa shape index (κ1) is 25.6. The molecule has 176 valence electrons. The summed E-state index contributed by atoms with van der Waals surface area (Å²) in [5.41, 5.74) is 0.675. The number of hydrogen-bond acceptors (Lipinski definition) is 6. The standard InChI is InChI=1S/C18H20F3N3O6S2/c1-12-3-4-13(11-16(12)32(28,29)22-2)24-17(25)9-10-23-31(26,27)15-7-5-14(6-8-15)30-18(19,20)21/h3-8,11,22-23H,9-10H2,1-2H3,(H,24,25). The summed E-state index contributed by atoms with van der Waals surface area (Å²) in [6.07, 6.45) is -5.18. The largest absolute Gasteiger partial charge is 0.573 e. The van der Waals surface area contributed by atoms with E-state index in [1.165, 1.54) is 25.2 Å². The van der Waals surface area contributed by atoms with Crippen LogP contribution in [0.3, 0.4) is 0 Å². The van der Waals surface area contributed by atoms with Crippen molar-refractivity contribution in [1.82, 2.24) is 9.44 Å². The Hall–Kier alpha value is -2.68. The summed E-state index contributed by atoms with van der Waals surface area (Å²) in [4.78, 5) is 11.8. The van der Waals surface area contributed by atoms with E-state index in [0.29, 0.717) is 5.56 Å². The number of carbonyl (C=O) groups excluding carboxylic acids is 1. The fourth-order valence-electron chi connectivity index (χ4n) is 2.50. The number of anilines is 1. The average molecular weight is 496 g/mol. The van der Waals surface area contributed by atoms with Crippen LogP contribution in [0.1, 0.15) is 12.0 Å². The van der Waals surface area contributed by atoms with Crippen LogP contribution in [0.15, 0.2) is 52.3 Å². The molecule has 0 bridgehead atoms. The Morgan fingerprint density at radius 3 is 2.19 bits per heavy atom. The zero-order valence-corrected chi connectivity index (χ0v) is 18.5. The number of halogens is 3. The molecule has 0 radical (unpaired) electrons. The van der Waals surface area contributed by atoms with Crippen molar-refractivity contribution in [3.05, 3.63) is 48.0 Å². The van der Waals surface area contributed by atoms with Gasteiger partial charge in [-0.3, -0.25) is 4.79 Å². The number of alkyl halides is 3. The Kier molecular flexibility index (Phi) is 7.88. The Bertz CT molecular complexity index is 1180. The smallest absolute Gasteiger partial charge is 0.406 e. The average Bonchev–Trinajstić information content (AvgIpc) is 2.68. The van der Waals surface area contributed by atoms with Crippen LogP contribution in [0.4, 0.5) is 18.9 Å². The Morgan fingerprint density at radius 2 is 1.62 bits per heavy atom. The van der Waals surface area contributed by atoms with Crippen molar-refractivity contribution in [3.63, 3.8) is 0 Å². The highest BCUT2D eigenvalue weighted by Crippen LogP contribution is 2.24.